The van der Waals surface area contributed by atoms with Crippen LogP contribution < -0.4 is 10.6 Å². The van der Waals surface area contributed by atoms with Crippen LogP contribution in [-0.4, -0.2) is 49.5 Å². The van der Waals surface area contributed by atoms with Gasteiger partial charge in [-0.15, -0.1) is 11.8 Å². The van der Waals surface area contributed by atoms with E-state index in [0.29, 0.717) is 24.7 Å². The molecule has 10 heteroatoms. The number of fused-ring (bicyclic) bond motifs is 1. The van der Waals surface area contributed by atoms with Crippen LogP contribution >= 0.6 is 11.8 Å². The van der Waals surface area contributed by atoms with Crippen LogP contribution in [0.3, 0.4) is 0 Å². The number of nitrogens with one attached hydrogen (secondary N) is 2. The van der Waals surface area contributed by atoms with E-state index in [2.05, 4.69) is 10.6 Å². The molecule has 0 aliphatic carbocycles. The second kappa shape index (κ2) is 7.85. The van der Waals surface area contributed by atoms with E-state index in [1.807, 2.05) is 0 Å². The first-order chi connectivity index (χ1) is 12.3. The second-order valence-electron chi connectivity index (χ2n) is 5.88. The molecule has 0 radical (unpaired) electrons. The quantitative estimate of drug-likeness (QED) is 0.823. The molecule has 2 heterocycles. The molecule has 0 bridgehead atoms. The van der Waals surface area contributed by atoms with Gasteiger partial charge in [-0.2, -0.15) is 13.2 Å². The Morgan fingerprint density at radius 3 is 2.85 bits per heavy atom. The largest absolute Gasteiger partial charge is 0.416 e. The molecule has 2 aliphatic heterocycles. The van der Waals surface area contributed by atoms with Crippen LogP contribution in [0.25, 0.3) is 0 Å². The number of thioether (sulfide) groups is 1. The van der Waals surface area contributed by atoms with Crippen molar-refractivity contribution in [2.75, 3.05) is 31.7 Å². The fraction of sp³-hybridized carbons (Fsp3) is 0.500. The van der Waals surface area contributed by atoms with Crippen molar-refractivity contribution in [1.29, 1.82) is 0 Å². The van der Waals surface area contributed by atoms with Crippen molar-refractivity contribution in [2.24, 2.45) is 0 Å². The molecule has 2 N–H and O–H groups in total. The standard InChI is InChI=1S/C16H17F3N2O4S/c17-16(18,19)9-1-2-12-11(5-9)21-15(23)13(26-12)6-14(22)20-7-10-8-24-3-4-25-10/h1-2,5,10,13H,3-4,6-8H2,(H,20,22)(H,21,23)/t10-,13-/m1/s1. The van der Waals surface area contributed by atoms with E-state index in [4.69, 9.17) is 9.47 Å². The van der Waals surface area contributed by atoms with Crippen LogP contribution in [0, 0.1) is 0 Å². The number of benzene rings is 1. The number of anilines is 1. The molecule has 2 aliphatic rings. The molecule has 0 aromatic heterocycles. The van der Waals surface area contributed by atoms with Crippen molar-refractivity contribution in [3.63, 3.8) is 0 Å². The normalized spacial score (nSPS) is 23.1. The number of ether oxygens (including phenoxy) is 2. The summed E-state index contributed by atoms with van der Waals surface area (Å²) in [5, 5.41) is 4.43. The van der Waals surface area contributed by atoms with Crippen molar-refractivity contribution in [3.8, 4) is 0 Å². The van der Waals surface area contributed by atoms with Gasteiger partial charge in [0.1, 0.15) is 0 Å². The lowest BCUT2D eigenvalue weighted by Gasteiger charge is -2.25. The number of hydrogen-bond donors (Lipinski definition) is 2. The van der Waals surface area contributed by atoms with Crippen molar-refractivity contribution < 1.29 is 32.2 Å². The van der Waals surface area contributed by atoms with E-state index in [9.17, 15) is 22.8 Å². The van der Waals surface area contributed by atoms with Crippen molar-refractivity contribution >= 4 is 29.3 Å². The lowest BCUT2D eigenvalue weighted by Crippen LogP contribution is -2.41. The summed E-state index contributed by atoms with van der Waals surface area (Å²) in [4.78, 5) is 24.7. The lowest BCUT2D eigenvalue weighted by atomic mass is 10.1. The number of alkyl halides is 3. The van der Waals surface area contributed by atoms with Crippen molar-refractivity contribution in [1.82, 2.24) is 5.32 Å². The second-order valence-corrected chi connectivity index (χ2v) is 7.12. The Bertz CT molecular complexity index is 693. The highest BCUT2D eigenvalue weighted by Crippen LogP contribution is 2.40. The molecule has 1 saturated heterocycles. The molecule has 1 aromatic rings. The third kappa shape index (κ3) is 4.68. The summed E-state index contributed by atoms with van der Waals surface area (Å²) in [6.45, 7) is 1.67. The average molecular weight is 390 g/mol. The molecule has 1 aromatic carbocycles. The Morgan fingerprint density at radius 1 is 1.35 bits per heavy atom. The number of amides is 2. The number of carbonyl (C=O) groups excluding carboxylic acids is 2. The summed E-state index contributed by atoms with van der Waals surface area (Å²) < 4.78 is 48.9. The molecular formula is C16H17F3N2O4S. The van der Waals surface area contributed by atoms with Gasteiger partial charge >= 0.3 is 6.18 Å². The Balaban J connectivity index is 1.57. The van der Waals surface area contributed by atoms with E-state index >= 15 is 0 Å². The summed E-state index contributed by atoms with van der Waals surface area (Å²) in [6, 6.07) is 3.16. The van der Waals surface area contributed by atoms with Gasteiger partial charge in [0, 0.05) is 17.9 Å². The zero-order valence-electron chi connectivity index (χ0n) is 13.6. The molecule has 1 fully saturated rings. The van der Waals surface area contributed by atoms with E-state index in [0.717, 1.165) is 23.9 Å². The van der Waals surface area contributed by atoms with E-state index in [1.54, 1.807) is 0 Å². The first-order valence-electron chi connectivity index (χ1n) is 7.98. The Kier molecular flexibility index (Phi) is 5.73. The van der Waals surface area contributed by atoms with Gasteiger partial charge in [-0.3, -0.25) is 9.59 Å². The van der Waals surface area contributed by atoms with Crippen LogP contribution in [0.15, 0.2) is 23.1 Å². The van der Waals surface area contributed by atoms with Gasteiger partial charge in [-0.05, 0) is 18.2 Å². The minimum absolute atomic E-state index is 0.0788. The maximum Gasteiger partial charge on any atom is 0.416 e. The molecule has 0 unspecified atom stereocenters. The Labute approximate surface area is 151 Å². The predicted octanol–water partition coefficient (Wildman–Crippen LogP) is 2.04. The molecule has 0 spiro atoms. The van der Waals surface area contributed by atoms with Crippen molar-refractivity contribution in [3.05, 3.63) is 23.8 Å². The molecule has 6 nitrogen and oxygen atoms in total. The van der Waals surface area contributed by atoms with E-state index in [1.165, 1.54) is 6.07 Å². The zero-order chi connectivity index (χ0) is 18.7. The molecule has 2 amide bonds. The molecule has 0 saturated carbocycles. The van der Waals surface area contributed by atoms with Crippen LogP contribution in [-0.2, 0) is 25.2 Å². The topological polar surface area (TPSA) is 76.7 Å². The third-order valence-corrected chi connectivity index (χ3v) is 5.18. The average Bonchev–Trinajstić information content (AvgIpc) is 2.60. The maximum atomic E-state index is 12.8. The van der Waals surface area contributed by atoms with Crippen LogP contribution in [0.5, 0.6) is 0 Å². The monoisotopic (exact) mass is 390 g/mol. The number of rotatable bonds is 4. The minimum Gasteiger partial charge on any atom is -0.376 e. The Morgan fingerprint density at radius 2 is 2.15 bits per heavy atom. The van der Waals surface area contributed by atoms with Gasteiger partial charge in [0.15, 0.2) is 0 Å². The Hall–Kier alpha value is -1.78. The molecular weight excluding hydrogens is 373 g/mol. The first kappa shape index (κ1) is 19.0. The van der Waals surface area contributed by atoms with Crippen LogP contribution in [0.2, 0.25) is 0 Å². The number of hydrogen-bond acceptors (Lipinski definition) is 5. The fourth-order valence-corrected chi connectivity index (χ4v) is 3.67. The maximum absolute atomic E-state index is 12.8. The SMILES string of the molecule is O=C(C[C@H]1Sc2ccc(C(F)(F)F)cc2NC1=O)NC[C@@H]1COCCO1. The van der Waals surface area contributed by atoms with E-state index < -0.39 is 22.9 Å². The van der Waals surface area contributed by atoms with E-state index in [-0.39, 0.29) is 30.7 Å². The molecule has 2 atom stereocenters. The van der Waals surface area contributed by atoms with Gasteiger partial charge in [-0.1, -0.05) is 0 Å². The number of carbonyl (C=O) groups is 2. The lowest BCUT2D eigenvalue weighted by molar-refractivity contribution is -0.137. The highest BCUT2D eigenvalue weighted by atomic mass is 32.2. The smallest absolute Gasteiger partial charge is 0.376 e. The predicted molar refractivity (Wildman–Crippen MR) is 87.9 cm³/mol. The first-order valence-corrected chi connectivity index (χ1v) is 8.85. The highest BCUT2D eigenvalue weighted by Gasteiger charge is 2.34. The van der Waals surface area contributed by atoms with Crippen LogP contribution in [0.1, 0.15) is 12.0 Å². The molecule has 26 heavy (non-hydrogen) atoms. The summed E-state index contributed by atoms with van der Waals surface area (Å²) >= 11 is 1.08. The molecule has 142 valence electrons. The van der Waals surface area contributed by atoms with Gasteiger partial charge < -0.3 is 20.1 Å². The third-order valence-electron chi connectivity index (χ3n) is 3.91. The molecule has 3 rings (SSSR count). The minimum atomic E-state index is -4.48. The summed E-state index contributed by atoms with van der Waals surface area (Å²) in [5.41, 5.74) is -0.720. The fourth-order valence-electron chi connectivity index (χ4n) is 2.58. The summed E-state index contributed by atoms with van der Waals surface area (Å²) in [7, 11) is 0. The van der Waals surface area contributed by atoms with Gasteiger partial charge in [0.2, 0.25) is 11.8 Å². The summed E-state index contributed by atoms with van der Waals surface area (Å²) in [5.74, 6) is -0.823. The highest BCUT2D eigenvalue weighted by molar-refractivity contribution is 8.01. The zero-order valence-corrected chi connectivity index (χ0v) is 14.4. The van der Waals surface area contributed by atoms with Crippen molar-refractivity contribution in [2.45, 2.75) is 28.8 Å². The van der Waals surface area contributed by atoms with Gasteiger partial charge in [-0.25, -0.2) is 0 Å². The van der Waals surface area contributed by atoms with Crippen LogP contribution in [0.4, 0.5) is 18.9 Å². The number of halogens is 3. The summed E-state index contributed by atoms with van der Waals surface area (Å²) in [6.07, 6.45) is -4.78. The van der Waals surface area contributed by atoms with Gasteiger partial charge in [0.25, 0.3) is 0 Å². The van der Waals surface area contributed by atoms with Gasteiger partial charge in [0.05, 0.1) is 42.4 Å².